The second-order valence-corrected chi connectivity index (χ2v) is 7.90. The lowest BCUT2D eigenvalue weighted by Gasteiger charge is -2.06. The standard InChI is InChI=1S/C24H17F3N2O2S/c25-24(26,27)18-11-9-16(10-12-18)15-28-23-29-22(30)21(32-23)14-17-5-4-8-20(13-17)31-19-6-2-1-3-7-19/h1-14H,15H2,(H,28,29,30)/b21-14+. The number of hydrogen-bond donors (Lipinski definition) is 1. The van der Waals surface area contributed by atoms with Crippen molar-refractivity contribution >= 4 is 28.9 Å². The summed E-state index contributed by atoms with van der Waals surface area (Å²) >= 11 is 1.18. The number of amides is 1. The van der Waals surface area contributed by atoms with Crippen molar-refractivity contribution in [1.29, 1.82) is 0 Å². The number of hydrogen-bond acceptors (Lipinski definition) is 4. The van der Waals surface area contributed by atoms with Crippen molar-refractivity contribution in [3.8, 4) is 11.5 Å². The first-order valence-electron chi connectivity index (χ1n) is 9.61. The Morgan fingerprint density at radius 2 is 1.66 bits per heavy atom. The highest BCUT2D eigenvalue weighted by atomic mass is 32.2. The van der Waals surface area contributed by atoms with E-state index >= 15 is 0 Å². The molecule has 1 aliphatic rings. The number of nitrogens with one attached hydrogen (secondary N) is 1. The molecule has 3 aromatic carbocycles. The maximum absolute atomic E-state index is 12.7. The van der Waals surface area contributed by atoms with Gasteiger partial charge in [-0.15, -0.1) is 0 Å². The molecule has 0 radical (unpaired) electrons. The third kappa shape index (κ3) is 5.59. The first kappa shape index (κ1) is 21.7. The summed E-state index contributed by atoms with van der Waals surface area (Å²) in [5, 5.41) is 3.08. The molecule has 1 aliphatic heterocycles. The zero-order valence-electron chi connectivity index (χ0n) is 16.6. The lowest BCUT2D eigenvalue weighted by Crippen LogP contribution is -2.19. The molecule has 162 valence electrons. The van der Waals surface area contributed by atoms with Crippen LogP contribution in [0.5, 0.6) is 11.5 Å². The quantitative estimate of drug-likeness (QED) is 0.463. The third-order valence-electron chi connectivity index (χ3n) is 4.47. The van der Waals surface area contributed by atoms with Gasteiger partial charge in [-0.05, 0) is 65.4 Å². The fourth-order valence-electron chi connectivity index (χ4n) is 2.91. The van der Waals surface area contributed by atoms with Gasteiger partial charge in [0.2, 0.25) is 0 Å². The number of ether oxygens (including phenoxy) is 1. The lowest BCUT2D eigenvalue weighted by atomic mass is 10.1. The van der Waals surface area contributed by atoms with Gasteiger partial charge in [0.1, 0.15) is 11.5 Å². The number of nitrogens with zero attached hydrogens (tertiary/aromatic N) is 1. The van der Waals surface area contributed by atoms with Crippen LogP contribution in [0.4, 0.5) is 13.2 Å². The molecule has 1 N–H and O–H groups in total. The van der Waals surface area contributed by atoms with E-state index < -0.39 is 11.7 Å². The first-order chi connectivity index (χ1) is 15.4. The highest BCUT2D eigenvalue weighted by Gasteiger charge is 2.30. The summed E-state index contributed by atoms with van der Waals surface area (Å²) in [7, 11) is 0. The van der Waals surface area contributed by atoms with Crippen LogP contribution in [-0.2, 0) is 17.5 Å². The molecule has 0 aromatic heterocycles. The van der Waals surface area contributed by atoms with Crippen molar-refractivity contribution < 1.29 is 22.7 Å². The Kier molecular flexibility index (Phi) is 6.32. The van der Waals surface area contributed by atoms with Crippen LogP contribution in [0.25, 0.3) is 6.08 Å². The van der Waals surface area contributed by atoms with Gasteiger partial charge in [-0.3, -0.25) is 9.79 Å². The highest BCUT2D eigenvalue weighted by molar-refractivity contribution is 8.18. The molecule has 1 saturated heterocycles. The molecule has 3 aromatic rings. The van der Waals surface area contributed by atoms with Gasteiger partial charge in [-0.1, -0.05) is 42.5 Å². The summed E-state index contributed by atoms with van der Waals surface area (Å²) in [5.41, 5.74) is 0.699. The average Bonchev–Trinajstić information content (AvgIpc) is 3.12. The van der Waals surface area contributed by atoms with Crippen LogP contribution in [0.15, 0.2) is 88.8 Å². The van der Waals surface area contributed by atoms with Crippen LogP contribution in [0, 0.1) is 0 Å². The summed E-state index contributed by atoms with van der Waals surface area (Å²) in [4.78, 5) is 17.1. The third-order valence-corrected chi connectivity index (χ3v) is 5.42. The summed E-state index contributed by atoms with van der Waals surface area (Å²) < 4.78 is 43.8. The Labute approximate surface area is 186 Å². The van der Waals surface area contributed by atoms with Crippen molar-refractivity contribution in [3.63, 3.8) is 0 Å². The molecule has 1 fully saturated rings. The van der Waals surface area contributed by atoms with E-state index in [0.717, 1.165) is 17.7 Å². The molecule has 8 heteroatoms. The molecule has 0 spiro atoms. The predicted octanol–water partition coefficient (Wildman–Crippen LogP) is 6.26. The molecular weight excluding hydrogens is 437 g/mol. The average molecular weight is 454 g/mol. The molecule has 4 rings (SSSR count). The number of amidine groups is 1. The van der Waals surface area contributed by atoms with E-state index in [0.29, 0.717) is 27.1 Å². The van der Waals surface area contributed by atoms with Gasteiger partial charge in [-0.2, -0.15) is 13.2 Å². The number of thioether (sulfide) groups is 1. The number of carbonyl (C=O) groups is 1. The minimum absolute atomic E-state index is 0.161. The molecular formula is C24H17F3N2O2S. The number of alkyl halides is 3. The summed E-state index contributed by atoms with van der Waals surface area (Å²) in [5.74, 6) is 1.07. The van der Waals surface area contributed by atoms with Gasteiger partial charge in [-0.25, -0.2) is 0 Å². The summed E-state index contributed by atoms with van der Waals surface area (Å²) in [6.07, 6.45) is -2.64. The van der Waals surface area contributed by atoms with Gasteiger partial charge in [0.15, 0.2) is 5.17 Å². The van der Waals surface area contributed by atoms with Crippen LogP contribution >= 0.6 is 11.8 Å². The number of aliphatic imine (C=N–C) groups is 1. The number of halogens is 3. The van der Waals surface area contributed by atoms with E-state index in [1.807, 2.05) is 54.6 Å². The van der Waals surface area contributed by atoms with Crippen molar-refractivity contribution in [2.45, 2.75) is 12.7 Å². The highest BCUT2D eigenvalue weighted by Crippen LogP contribution is 2.30. The van der Waals surface area contributed by atoms with E-state index in [1.54, 1.807) is 6.08 Å². The van der Waals surface area contributed by atoms with Crippen LogP contribution in [0.2, 0.25) is 0 Å². The summed E-state index contributed by atoms with van der Waals surface area (Å²) in [6, 6.07) is 21.5. The zero-order valence-corrected chi connectivity index (χ0v) is 17.4. The Balaban J connectivity index is 1.42. The van der Waals surface area contributed by atoms with Crippen LogP contribution in [0.1, 0.15) is 16.7 Å². The fraction of sp³-hybridized carbons (Fsp3) is 0.0833. The largest absolute Gasteiger partial charge is 0.457 e. The Morgan fingerprint density at radius 1 is 0.938 bits per heavy atom. The van der Waals surface area contributed by atoms with Gasteiger partial charge in [0.05, 0.1) is 17.0 Å². The van der Waals surface area contributed by atoms with Crippen molar-refractivity contribution in [2.75, 3.05) is 0 Å². The van der Waals surface area contributed by atoms with E-state index in [4.69, 9.17) is 4.74 Å². The normalized spacial score (nSPS) is 16.4. The molecule has 4 nitrogen and oxygen atoms in total. The van der Waals surface area contributed by atoms with Gasteiger partial charge < -0.3 is 10.1 Å². The lowest BCUT2D eigenvalue weighted by molar-refractivity contribution is -0.137. The first-order valence-corrected chi connectivity index (χ1v) is 10.4. The summed E-state index contributed by atoms with van der Waals surface area (Å²) in [6.45, 7) is 0.161. The smallest absolute Gasteiger partial charge is 0.416 e. The SMILES string of the molecule is O=C1NC(=NCc2ccc(C(F)(F)F)cc2)S/C1=C/c1cccc(Oc2ccccc2)c1. The van der Waals surface area contributed by atoms with Gasteiger partial charge in [0.25, 0.3) is 5.91 Å². The Morgan fingerprint density at radius 3 is 2.38 bits per heavy atom. The van der Waals surface area contributed by atoms with E-state index in [9.17, 15) is 18.0 Å². The van der Waals surface area contributed by atoms with Gasteiger partial charge in [0, 0.05) is 0 Å². The minimum Gasteiger partial charge on any atom is -0.457 e. The van der Waals surface area contributed by atoms with Crippen molar-refractivity contribution in [1.82, 2.24) is 5.32 Å². The second-order valence-electron chi connectivity index (χ2n) is 6.87. The predicted molar refractivity (Wildman–Crippen MR) is 119 cm³/mol. The molecule has 0 unspecified atom stereocenters. The molecule has 32 heavy (non-hydrogen) atoms. The molecule has 1 amide bonds. The van der Waals surface area contributed by atoms with Crippen molar-refractivity contribution in [2.24, 2.45) is 4.99 Å². The Hall–Kier alpha value is -3.52. The van der Waals surface area contributed by atoms with E-state index in [1.165, 1.54) is 23.9 Å². The van der Waals surface area contributed by atoms with Crippen LogP contribution < -0.4 is 10.1 Å². The number of benzene rings is 3. The fourth-order valence-corrected chi connectivity index (χ4v) is 3.73. The topological polar surface area (TPSA) is 50.7 Å². The van der Waals surface area contributed by atoms with E-state index in [-0.39, 0.29) is 12.5 Å². The Bertz CT molecular complexity index is 1170. The second kappa shape index (κ2) is 9.32. The zero-order chi connectivity index (χ0) is 22.6. The molecule has 0 atom stereocenters. The maximum Gasteiger partial charge on any atom is 0.416 e. The maximum atomic E-state index is 12.7. The van der Waals surface area contributed by atoms with Crippen LogP contribution in [-0.4, -0.2) is 11.1 Å². The number of para-hydroxylation sites is 1. The molecule has 0 aliphatic carbocycles. The molecule has 0 saturated carbocycles. The molecule has 0 bridgehead atoms. The van der Waals surface area contributed by atoms with E-state index in [2.05, 4.69) is 10.3 Å². The minimum atomic E-state index is -4.37. The number of carbonyl (C=O) groups excluding carboxylic acids is 1. The van der Waals surface area contributed by atoms with Gasteiger partial charge >= 0.3 is 6.18 Å². The number of rotatable bonds is 5. The van der Waals surface area contributed by atoms with Crippen LogP contribution in [0.3, 0.4) is 0 Å². The monoisotopic (exact) mass is 454 g/mol. The molecule has 1 heterocycles. The van der Waals surface area contributed by atoms with Crippen molar-refractivity contribution in [3.05, 3.63) is 100 Å².